The highest BCUT2D eigenvalue weighted by atomic mass is 32.1. The van der Waals surface area contributed by atoms with Gasteiger partial charge in [0.25, 0.3) is 0 Å². The van der Waals surface area contributed by atoms with Crippen molar-refractivity contribution < 1.29 is 0 Å². The molecule has 0 radical (unpaired) electrons. The summed E-state index contributed by atoms with van der Waals surface area (Å²) in [4.78, 5) is 4.52. The zero-order valence-corrected chi connectivity index (χ0v) is 15.5. The van der Waals surface area contributed by atoms with E-state index in [4.69, 9.17) is 5.41 Å². The van der Waals surface area contributed by atoms with Crippen LogP contribution in [0.5, 0.6) is 0 Å². The molecule has 3 N–H and O–H groups in total. The molecule has 0 saturated heterocycles. The Morgan fingerprint density at radius 1 is 1.24 bits per heavy atom. The maximum absolute atomic E-state index is 8.34. The number of nitrogens with one attached hydrogen (secondary N) is 3. The molecule has 4 heteroatoms. The molecule has 130 valence electrons. The van der Waals surface area contributed by atoms with Crippen molar-refractivity contribution in [3.63, 3.8) is 0 Å². The largest absolute Gasteiger partial charge is 0.361 e. The molecule has 2 aromatic heterocycles. The lowest BCUT2D eigenvalue weighted by Crippen LogP contribution is -2.29. The van der Waals surface area contributed by atoms with Gasteiger partial charge in [0.15, 0.2) is 0 Å². The number of hydrogen-bond donors (Lipinski definition) is 3. The summed E-state index contributed by atoms with van der Waals surface area (Å²) < 4.78 is 0. The van der Waals surface area contributed by atoms with Gasteiger partial charge in [-0.25, -0.2) is 0 Å². The van der Waals surface area contributed by atoms with Crippen molar-refractivity contribution in [3.05, 3.63) is 57.9 Å². The predicted molar refractivity (Wildman–Crippen MR) is 107 cm³/mol. The average molecular weight is 352 g/mol. The third-order valence-corrected chi connectivity index (χ3v) is 6.48. The van der Waals surface area contributed by atoms with Crippen LogP contribution in [0.3, 0.4) is 0 Å². The summed E-state index contributed by atoms with van der Waals surface area (Å²) in [6.45, 7) is 0. The molecule has 0 spiro atoms. The van der Waals surface area contributed by atoms with E-state index in [1.165, 1.54) is 47.7 Å². The van der Waals surface area contributed by atoms with Gasteiger partial charge in [-0.15, -0.1) is 11.3 Å². The summed E-state index contributed by atoms with van der Waals surface area (Å²) >= 11 is 1.65. The van der Waals surface area contributed by atoms with Crippen molar-refractivity contribution in [2.24, 2.45) is 0 Å². The molecule has 0 atom stereocenters. The molecule has 1 aliphatic carbocycles. The molecular formula is C21H25N3S. The number of thiophene rings is 1. The maximum atomic E-state index is 8.34. The number of aromatic amines is 1. The van der Waals surface area contributed by atoms with Crippen LogP contribution in [0.2, 0.25) is 0 Å². The Morgan fingerprint density at radius 2 is 2.08 bits per heavy atom. The monoisotopic (exact) mass is 351 g/mol. The fourth-order valence-electron chi connectivity index (χ4n) is 4.07. The fourth-order valence-corrected chi connectivity index (χ4v) is 4.75. The molecule has 3 nitrogen and oxygen atoms in total. The van der Waals surface area contributed by atoms with Gasteiger partial charge in [-0.2, -0.15) is 0 Å². The van der Waals surface area contributed by atoms with Gasteiger partial charge in [0, 0.05) is 34.4 Å². The van der Waals surface area contributed by atoms with Crippen LogP contribution in [0.1, 0.15) is 47.6 Å². The SMILES string of the molecule is CNC1CCC(c2c[nH]c3ccc(CC(=N)c4cccs4)cc23)CC1. The topological polar surface area (TPSA) is 51.7 Å². The van der Waals surface area contributed by atoms with Crippen molar-refractivity contribution in [1.82, 2.24) is 10.3 Å². The summed E-state index contributed by atoms with van der Waals surface area (Å²) in [5.41, 5.74) is 4.63. The molecule has 0 bridgehead atoms. The van der Waals surface area contributed by atoms with Crippen molar-refractivity contribution in [1.29, 1.82) is 5.41 Å². The van der Waals surface area contributed by atoms with Gasteiger partial charge in [0.05, 0.1) is 5.71 Å². The second-order valence-corrected chi connectivity index (χ2v) is 8.04. The summed E-state index contributed by atoms with van der Waals surface area (Å²) in [6.07, 6.45) is 7.95. The first-order chi connectivity index (χ1) is 12.2. The third kappa shape index (κ3) is 3.42. The zero-order valence-electron chi connectivity index (χ0n) is 14.6. The van der Waals surface area contributed by atoms with Gasteiger partial charge in [-0.05, 0) is 73.4 Å². The average Bonchev–Trinajstić information content (AvgIpc) is 3.31. The summed E-state index contributed by atoms with van der Waals surface area (Å²) in [7, 11) is 2.07. The van der Waals surface area contributed by atoms with E-state index >= 15 is 0 Å². The van der Waals surface area contributed by atoms with E-state index in [-0.39, 0.29) is 0 Å². The normalized spacial score (nSPS) is 20.8. The fraction of sp³-hybridized carbons (Fsp3) is 0.381. The van der Waals surface area contributed by atoms with E-state index in [9.17, 15) is 0 Å². The molecule has 25 heavy (non-hydrogen) atoms. The first-order valence-electron chi connectivity index (χ1n) is 9.13. The van der Waals surface area contributed by atoms with Crippen molar-refractivity contribution in [3.8, 4) is 0 Å². The summed E-state index contributed by atoms with van der Waals surface area (Å²) in [5.74, 6) is 0.658. The first kappa shape index (κ1) is 16.6. The minimum absolute atomic E-state index is 0.658. The van der Waals surface area contributed by atoms with Gasteiger partial charge >= 0.3 is 0 Å². The molecule has 1 fully saturated rings. The van der Waals surface area contributed by atoms with Crippen molar-refractivity contribution in [2.45, 2.75) is 44.1 Å². The molecule has 4 rings (SSSR count). The van der Waals surface area contributed by atoms with Crippen LogP contribution in [0.15, 0.2) is 41.9 Å². The van der Waals surface area contributed by atoms with Gasteiger partial charge in [-0.1, -0.05) is 12.1 Å². The molecule has 3 aromatic rings. The first-order valence-corrected chi connectivity index (χ1v) is 10.0. The van der Waals surface area contributed by atoms with E-state index in [0.717, 1.165) is 4.88 Å². The Labute approximate surface area is 153 Å². The van der Waals surface area contributed by atoms with E-state index in [1.807, 2.05) is 17.5 Å². The lowest BCUT2D eigenvalue weighted by Gasteiger charge is -2.28. The summed E-state index contributed by atoms with van der Waals surface area (Å²) in [5, 5.41) is 15.2. The number of benzene rings is 1. The number of rotatable bonds is 5. The Hall–Kier alpha value is -1.91. The highest BCUT2D eigenvalue weighted by Crippen LogP contribution is 2.36. The van der Waals surface area contributed by atoms with E-state index in [0.29, 0.717) is 24.1 Å². The molecule has 1 saturated carbocycles. The van der Waals surface area contributed by atoms with Gasteiger partial charge in [-0.3, -0.25) is 0 Å². The van der Waals surface area contributed by atoms with Gasteiger partial charge in [0.2, 0.25) is 0 Å². The number of aromatic nitrogens is 1. The van der Waals surface area contributed by atoms with Crippen LogP contribution in [-0.2, 0) is 6.42 Å². The smallest absolute Gasteiger partial charge is 0.0529 e. The Bertz CT molecular complexity index is 855. The minimum atomic E-state index is 0.658. The standard InChI is InChI=1S/C21H25N3S/c1-23-16-7-5-15(6-8-16)18-13-24-20-9-4-14(11-17(18)20)12-19(22)21-3-2-10-25-21/h2-4,9-11,13,15-16,22-24H,5-8,12H2,1H3. The predicted octanol–water partition coefficient (Wildman–Crippen LogP) is 5.09. The lowest BCUT2D eigenvalue weighted by atomic mass is 9.81. The minimum Gasteiger partial charge on any atom is -0.361 e. The van der Waals surface area contributed by atoms with E-state index in [2.05, 4.69) is 41.7 Å². The Morgan fingerprint density at radius 3 is 2.80 bits per heavy atom. The molecule has 0 amide bonds. The molecule has 1 aromatic carbocycles. The third-order valence-electron chi connectivity index (χ3n) is 5.55. The second kappa shape index (κ2) is 7.14. The highest BCUT2D eigenvalue weighted by molar-refractivity contribution is 7.12. The van der Waals surface area contributed by atoms with Crippen LogP contribution in [-0.4, -0.2) is 23.8 Å². The lowest BCUT2D eigenvalue weighted by molar-refractivity contribution is 0.360. The van der Waals surface area contributed by atoms with E-state index in [1.54, 1.807) is 11.3 Å². The van der Waals surface area contributed by atoms with Gasteiger partial charge in [0.1, 0.15) is 0 Å². The quantitative estimate of drug-likeness (QED) is 0.551. The van der Waals surface area contributed by atoms with Crippen LogP contribution in [0.4, 0.5) is 0 Å². The molecule has 0 aliphatic heterocycles. The molecular weight excluding hydrogens is 326 g/mol. The molecule has 1 aliphatic rings. The number of fused-ring (bicyclic) bond motifs is 1. The number of hydrogen-bond acceptors (Lipinski definition) is 3. The summed E-state index contributed by atoms with van der Waals surface area (Å²) in [6, 6.07) is 11.4. The van der Waals surface area contributed by atoms with Crippen molar-refractivity contribution in [2.75, 3.05) is 7.05 Å². The van der Waals surface area contributed by atoms with Gasteiger partial charge < -0.3 is 15.7 Å². The van der Waals surface area contributed by atoms with Crippen molar-refractivity contribution >= 4 is 28.0 Å². The maximum Gasteiger partial charge on any atom is 0.0529 e. The molecule has 0 unspecified atom stereocenters. The second-order valence-electron chi connectivity index (χ2n) is 7.09. The van der Waals surface area contributed by atoms with Crippen LogP contribution in [0.25, 0.3) is 10.9 Å². The van der Waals surface area contributed by atoms with Crippen LogP contribution in [0, 0.1) is 5.41 Å². The highest BCUT2D eigenvalue weighted by Gasteiger charge is 2.23. The van der Waals surface area contributed by atoms with Crippen LogP contribution >= 0.6 is 11.3 Å². The zero-order chi connectivity index (χ0) is 17.2. The number of H-pyrrole nitrogens is 1. The van der Waals surface area contributed by atoms with Crippen LogP contribution < -0.4 is 5.32 Å². The molecule has 2 heterocycles. The Balaban J connectivity index is 1.56. The van der Waals surface area contributed by atoms with E-state index < -0.39 is 0 Å². The Kier molecular flexibility index (Phi) is 4.73.